The van der Waals surface area contributed by atoms with Crippen LogP contribution in [-0.2, 0) is 13.0 Å². The lowest BCUT2D eigenvalue weighted by Gasteiger charge is -2.17. The molecule has 0 aliphatic heterocycles. The number of rotatable bonds is 6. The Kier molecular flexibility index (Phi) is 4.99. The molecule has 0 aliphatic rings. The van der Waals surface area contributed by atoms with Gasteiger partial charge in [0.1, 0.15) is 11.5 Å². The predicted octanol–water partition coefficient (Wildman–Crippen LogP) is 3.28. The Labute approximate surface area is 120 Å². The summed E-state index contributed by atoms with van der Waals surface area (Å²) < 4.78 is 5.51. The third kappa shape index (κ3) is 3.50. The van der Waals surface area contributed by atoms with Gasteiger partial charge >= 0.3 is 0 Å². The maximum Gasteiger partial charge on any atom is 0.105 e. The van der Waals surface area contributed by atoms with Crippen LogP contribution in [0.15, 0.2) is 34.7 Å². The smallest absolute Gasteiger partial charge is 0.105 e. The minimum atomic E-state index is -0.0458. The summed E-state index contributed by atoms with van der Waals surface area (Å²) in [5.41, 5.74) is 3.57. The largest absolute Gasteiger partial charge is 0.466 e. The summed E-state index contributed by atoms with van der Waals surface area (Å²) in [7, 11) is 0. The van der Waals surface area contributed by atoms with Crippen molar-refractivity contribution in [3.63, 3.8) is 0 Å². The van der Waals surface area contributed by atoms with Gasteiger partial charge in [-0.05, 0) is 37.5 Å². The Bertz CT molecular complexity index is 543. The van der Waals surface area contributed by atoms with Crippen LogP contribution in [0.2, 0.25) is 0 Å². The minimum Gasteiger partial charge on any atom is -0.466 e. The van der Waals surface area contributed by atoms with Crippen LogP contribution in [0.4, 0.5) is 0 Å². The highest BCUT2D eigenvalue weighted by molar-refractivity contribution is 5.26. The van der Waals surface area contributed by atoms with Gasteiger partial charge in [-0.1, -0.05) is 31.2 Å². The van der Waals surface area contributed by atoms with E-state index in [9.17, 15) is 5.11 Å². The van der Waals surface area contributed by atoms with E-state index in [0.717, 1.165) is 29.1 Å². The van der Waals surface area contributed by atoms with Gasteiger partial charge in [0.05, 0.1) is 12.6 Å². The van der Waals surface area contributed by atoms with Crippen LogP contribution in [0.25, 0.3) is 0 Å². The first kappa shape index (κ1) is 14.8. The molecule has 0 spiro atoms. The highest BCUT2D eigenvalue weighted by atomic mass is 16.3. The second-order valence-electron chi connectivity index (χ2n) is 5.15. The molecule has 0 radical (unpaired) electrons. The molecule has 108 valence electrons. The fourth-order valence-electron chi connectivity index (χ4n) is 2.37. The van der Waals surface area contributed by atoms with Crippen molar-refractivity contribution in [2.45, 2.75) is 39.8 Å². The third-order valence-electron chi connectivity index (χ3n) is 3.66. The van der Waals surface area contributed by atoms with Gasteiger partial charge in [0.25, 0.3) is 0 Å². The number of nitrogens with one attached hydrogen (secondary N) is 1. The van der Waals surface area contributed by atoms with E-state index in [0.29, 0.717) is 6.54 Å². The molecule has 0 saturated heterocycles. The molecule has 0 aliphatic carbocycles. The summed E-state index contributed by atoms with van der Waals surface area (Å²) in [5.74, 6) is 1.86. The summed E-state index contributed by atoms with van der Waals surface area (Å²) >= 11 is 0. The number of hydrogen-bond acceptors (Lipinski definition) is 3. The maximum absolute atomic E-state index is 9.57. The molecule has 1 aromatic heterocycles. The Hall–Kier alpha value is -1.58. The Morgan fingerprint density at radius 1 is 1.20 bits per heavy atom. The molecule has 0 amide bonds. The molecule has 2 rings (SSSR count). The predicted molar refractivity (Wildman–Crippen MR) is 80.7 cm³/mol. The number of furan rings is 1. The summed E-state index contributed by atoms with van der Waals surface area (Å²) in [4.78, 5) is 0. The zero-order chi connectivity index (χ0) is 14.5. The van der Waals surface area contributed by atoms with Crippen LogP contribution in [0, 0.1) is 13.8 Å². The van der Waals surface area contributed by atoms with Crippen molar-refractivity contribution in [1.82, 2.24) is 5.32 Å². The first-order valence-corrected chi connectivity index (χ1v) is 7.13. The van der Waals surface area contributed by atoms with Crippen molar-refractivity contribution in [2.75, 3.05) is 6.61 Å². The zero-order valence-corrected chi connectivity index (χ0v) is 12.4. The van der Waals surface area contributed by atoms with E-state index in [1.807, 2.05) is 19.9 Å². The molecule has 1 unspecified atom stereocenters. The number of benzene rings is 1. The van der Waals surface area contributed by atoms with Crippen LogP contribution in [0.5, 0.6) is 0 Å². The lowest BCUT2D eigenvalue weighted by molar-refractivity contribution is 0.243. The van der Waals surface area contributed by atoms with Crippen molar-refractivity contribution in [2.24, 2.45) is 0 Å². The third-order valence-corrected chi connectivity index (χ3v) is 3.66. The molecule has 20 heavy (non-hydrogen) atoms. The second-order valence-corrected chi connectivity index (χ2v) is 5.15. The maximum atomic E-state index is 9.57. The van der Waals surface area contributed by atoms with Crippen LogP contribution in [-0.4, -0.2) is 11.7 Å². The topological polar surface area (TPSA) is 45.4 Å². The first-order chi connectivity index (χ1) is 9.63. The van der Waals surface area contributed by atoms with Gasteiger partial charge in [-0.3, -0.25) is 0 Å². The van der Waals surface area contributed by atoms with Gasteiger partial charge in [0.2, 0.25) is 0 Å². The van der Waals surface area contributed by atoms with Gasteiger partial charge < -0.3 is 14.8 Å². The molecule has 0 fully saturated rings. The standard InChI is InChI=1S/C17H23NO2/c1-4-14-5-7-15(8-6-14)17(11-19)18-10-16-9-12(2)20-13(16)3/h5-9,17-19H,4,10-11H2,1-3H3. The van der Waals surface area contributed by atoms with Crippen molar-refractivity contribution in [1.29, 1.82) is 0 Å². The highest BCUT2D eigenvalue weighted by Crippen LogP contribution is 2.17. The molecule has 2 N–H and O–H groups in total. The quantitative estimate of drug-likeness (QED) is 0.849. The fraction of sp³-hybridized carbons (Fsp3) is 0.412. The normalized spacial score (nSPS) is 12.6. The van der Waals surface area contributed by atoms with Crippen molar-refractivity contribution < 1.29 is 9.52 Å². The molecule has 0 saturated carbocycles. The fourth-order valence-corrected chi connectivity index (χ4v) is 2.37. The van der Waals surface area contributed by atoms with E-state index < -0.39 is 0 Å². The number of aryl methyl sites for hydroxylation is 3. The van der Waals surface area contributed by atoms with Crippen LogP contribution >= 0.6 is 0 Å². The van der Waals surface area contributed by atoms with Crippen LogP contribution < -0.4 is 5.32 Å². The average Bonchev–Trinajstić information content (AvgIpc) is 2.78. The Balaban J connectivity index is 2.03. The van der Waals surface area contributed by atoms with E-state index in [-0.39, 0.29) is 12.6 Å². The molecule has 2 aromatic rings. The molecule has 3 heteroatoms. The van der Waals surface area contributed by atoms with Gasteiger partial charge in [0, 0.05) is 12.1 Å². The summed E-state index contributed by atoms with van der Waals surface area (Å²) in [5, 5.41) is 13.0. The zero-order valence-electron chi connectivity index (χ0n) is 12.4. The molecule has 3 nitrogen and oxygen atoms in total. The molecular weight excluding hydrogens is 250 g/mol. The molecule has 0 bridgehead atoms. The van der Waals surface area contributed by atoms with E-state index in [1.165, 1.54) is 5.56 Å². The molecule has 1 aromatic carbocycles. The second kappa shape index (κ2) is 6.73. The number of aliphatic hydroxyl groups excluding tert-OH is 1. The summed E-state index contributed by atoms with van der Waals surface area (Å²) in [6, 6.07) is 10.4. The number of hydrogen-bond donors (Lipinski definition) is 2. The van der Waals surface area contributed by atoms with E-state index >= 15 is 0 Å². The Morgan fingerprint density at radius 3 is 2.40 bits per heavy atom. The van der Waals surface area contributed by atoms with Crippen LogP contribution in [0.1, 0.15) is 41.2 Å². The summed E-state index contributed by atoms with van der Waals surface area (Å²) in [6.45, 7) is 6.84. The SMILES string of the molecule is CCc1ccc(C(CO)NCc2cc(C)oc2C)cc1. The van der Waals surface area contributed by atoms with Crippen molar-refractivity contribution >= 4 is 0 Å². The highest BCUT2D eigenvalue weighted by Gasteiger charge is 2.11. The summed E-state index contributed by atoms with van der Waals surface area (Å²) in [6.07, 6.45) is 1.03. The van der Waals surface area contributed by atoms with E-state index in [4.69, 9.17) is 4.42 Å². The van der Waals surface area contributed by atoms with Crippen LogP contribution in [0.3, 0.4) is 0 Å². The Morgan fingerprint density at radius 2 is 1.90 bits per heavy atom. The van der Waals surface area contributed by atoms with Gasteiger partial charge in [0.15, 0.2) is 0 Å². The van der Waals surface area contributed by atoms with E-state index in [2.05, 4.69) is 36.5 Å². The first-order valence-electron chi connectivity index (χ1n) is 7.13. The average molecular weight is 273 g/mol. The van der Waals surface area contributed by atoms with Gasteiger partial charge in [-0.25, -0.2) is 0 Å². The molecular formula is C17H23NO2. The van der Waals surface area contributed by atoms with Gasteiger partial charge in [-0.15, -0.1) is 0 Å². The van der Waals surface area contributed by atoms with E-state index in [1.54, 1.807) is 0 Å². The molecule has 1 atom stereocenters. The lowest BCUT2D eigenvalue weighted by Crippen LogP contribution is -2.24. The van der Waals surface area contributed by atoms with Crippen molar-refractivity contribution in [3.05, 3.63) is 58.5 Å². The number of aliphatic hydroxyl groups is 1. The van der Waals surface area contributed by atoms with Gasteiger partial charge in [-0.2, -0.15) is 0 Å². The van der Waals surface area contributed by atoms with Crippen molar-refractivity contribution in [3.8, 4) is 0 Å². The monoisotopic (exact) mass is 273 g/mol. The minimum absolute atomic E-state index is 0.0458. The molecule has 1 heterocycles. The lowest BCUT2D eigenvalue weighted by atomic mass is 10.0.